The molecule has 3 amide bonds. The molecule has 2 aromatic rings. The average Bonchev–Trinajstić information content (AvgIpc) is 3.38. The number of hydrogen-bond acceptors (Lipinski definition) is 11. The molecule has 3 N–H and O–H groups in total. The molecule has 20 heteroatoms. The van der Waals surface area contributed by atoms with E-state index in [-0.39, 0.29) is 104 Å². The number of nitrogens with zero attached hydrogens (tertiary/aromatic N) is 5. The van der Waals surface area contributed by atoms with E-state index in [1.807, 2.05) is 81.4 Å². The molecule has 6 atom stereocenters. The van der Waals surface area contributed by atoms with Crippen molar-refractivity contribution in [2.45, 2.75) is 76.1 Å². The molecule has 6 rings (SSSR count). The molecule has 4 saturated heterocycles. The van der Waals surface area contributed by atoms with Crippen LogP contribution in [0.3, 0.4) is 0 Å². The summed E-state index contributed by atoms with van der Waals surface area (Å²) in [5.41, 5.74) is 9.78. The maximum atomic E-state index is 11.8. The predicted molar refractivity (Wildman–Crippen MR) is 222 cm³/mol. The number of likely N-dealkylation sites (tertiary alicyclic amines) is 2. The van der Waals surface area contributed by atoms with Gasteiger partial charge in [-0.1, -0.05) is 65.8 Å². The van der Waals surface area contributed by atoms with E-state index in [1.165, 1.54) is 4.90 Å². The first-order valence-electron chi connectivity index (χ1n) is 16.5. The molecule has 0 aromatic heterocycles. The van der Waals surface area contributed by atoms with Gasteiger partial charge in [-0.25, -0.2) is 14.4 Å². The number of morpholine rings is 1. The van der Waals surface area contributed by atoms with E-state index >= 15 is 0 Å². The Labute approximate surface area is 344 Å². The lowest BCUT2D eigenvalue weighted by Gasteiger charge is -2.23. The van der Waals surface area contributed by atoms with Crippen molar-refractivity contribution >= 4 is 72.3 Å². The highest BCUT2D eigenvalue weighted by Gasteiger charge is 2.49. The molecule has 4 aliphatic rings. The summed E-state index contributed by atoms with van der Waals surface area (Å²) in [5, 5.41) is 19.0. The Morgan fingerprint density at radius 3 is 1.83 bits per heavy atom. The predicted octanol–water partition coefficient (Wildman–Crippen LogP) is 4.03. The van der Waals surface area contributed by atoms with Gasteiger partial charge in [-0.2, -0.15) is 54.0 Å². The van der Waals surface area contributed by atoms with Crippen LogP contribution in [0, 0.1) is 0 Å². The zero-order chi connectivity index (χ0) is 36.1. The summed E-state index contributed by atoms with van der Waals surface area (Å²) in [5.74, 6) is 0. The van der Waals surface area contributed by atoms with E-state index < -0.39 is 29.9 Å². The van der Waals surface area contributed by atoms with Gasteiger partial charge in [-0.15, -0.1) is 0 Å². The fraction of sp³-hybridized carbons (Fsp3) is 0.559. The van der Waals surface area contributed by atoms with Crippen LogP contribution in [0.15, 0.2) is 65.8 Å². The second kappa shape index (κ2) is 25.1. The number of amides is 3. The molecule has 304 valence electrons. The van der Waals surface area contributed by atoms with Crippen LogP contribution in [-0.2, 0) is 36.9 Å². The molecule has 0 spiro atoms. The van der Waals surface area contributed by atoms with Crippen LogP contribution in [0.4, 0.5) is 14.4 Å². The van der Waals surface area contributed by atoms with Crippen LogP contribution in [0.5, 0.6) is 0 Å². The number of rotatable bonds is 7. The van der Waals surface area contributed by atoms with Gasteiger partial charge in [-0.3, -0.25) is 0 Å². The maximum absolute atomic E-state index is 11.8. The number of alkyl carbamates (subject to hydrolysis) is 1. The summed E-state index contributed by atoms with van der Waals surface area (Å²) in [4.78, 5) is 40.6. The molecule has 16 nitrogen and oxygen atoms in total. The number of methoxy groups -OCH3 is 1. The molecule has 4 heterocycles. The summed E-state index contributed by atoms with van der Waals surface area (Å²) in [7, 11) is 1.64. The summed E-state index contributed by atoms with van der Waals surface area (Å²) in [6, 6.07) is 18.4. The smallest absolute Gasteiger partial charge is 0.410 e. The number of aliphatic hydroxyl groups is 1. The number of fused-ring (bicyclic) bond motifs is 1. The second-order valence-corrected chi connectivity index (χ2v) is 13.1. The lowest BCUT2D eigenvalue weighted by Crippen LogP contribution is -2.45. The van der Waals surface area contributed by atoms with Gasteiger partial charge in [0.05, 0.1) is 43.9 Å². The minimum absolute atomic E-state index is 0. The number of carbonyl (C=O) groups is 3. The molecule has 0 radical (unpaired) electrons. The van der Waals surface area contributed by atoms with Gasteiger partial charge < -0.3 is 49.2 Å². The molecule has 2 unspecified atom stereocenters. The van der Waals surface area contributed by atoms with E-state index in [0.29, 0.717) is 19.7 Å². The second-order valence-electron chi connectivity index (χ2n) is 13.1. The molecule has 4 fully saturated rings. The molecule has 0 bridgehead atoms. The average molecular weight is 834 g/mol. The first-order valence-corrected chi connectivity index (χ1v) is 16.5. The summed E-state index contributed by atoms with van der Waals surface area (Å²) >= 11 is 0. The monoisotopic (exact) mass is 833 g/mol. The lowest BCUT2D eigenvalue weighted by atomic mass is 10.2. The molecule has 4 aliphatic heterocycles. The third kappa shape index (κ3) is 17.1. The molecule has 2 aromatic carbocycles. The quantitative estimate of drug-likeness (QED) is 0.120. The Morgan fingerprint density at radius 1 is 0.870 bits per heavy atom. The highest BCUT2D eigenvalue weighted by Crippen LogP contribution is 2.30. The van der Waals surface area contributed by atoms with Gasteiger partial charge in [0.15, 0.2) is 0 Å². The number of azide groups is 1. The minimum atomic E-state index is -0.833. The first-order chi connectivity index (χ1) is 24.0. The zero-order valence-corrected chi connectivity index (χ0v) is 34.8. The van der Waals surface area contributed by atoms with E-state index in [1.54, 1.807) is 12.0 Å². The van der Waals surface area contributed by atoms with Crippen molar-refractivity contribution < 1.29 is 43.2 Å². The molecule has 54 heavy (non-hydrogen) atoms. The van der Waals surface area contributed by atoms with Crippen molar-refractivity contribution in [3.63, 3.8) is 0 Å². The highest BCUT2D eigenvalue weighted by molar-refractivity contribution is 7.59. The summed E-state index contributed by atoms with van der Waals surface area (Å²) in [6.07, 6.45) is -1.41. The summed E-state index contributed by atoms with van der Waals surface area (Å²) < 4.78 is 26.0. The van der Waals surface area contributed by atoms with Crippen molar-refractivity contribution in [2.75, 3.05) is 46.4 Å². The maximum Gasteiger partial charge on any atom is 0.410 e. The van der Waals surface area contributed by atoms with Crippen molar-refractivity contribution in [1.29, 1.82) is 0 Å². The number of β-amino-alcohol motifs (C(OH)–C–C–N with tert-alkyl or cyclic N) is 1. The molecular formula is C34H55N7O9S4. The molecule has 0 saturated carbocycles. The Bertz CT molecular complexity index is 1450. The summed E-state index contributed by atoms with van der Waals surface area (Å²) in [6.45, 7) is 9.18. The van der Waals surface area contributed by atoms with Crippen molar-refractivity contribution in [3.05, 3.63) is 82.2 Å². The fourth-order valence-electron chi connectivity index (χ4n) is 5.38. The number of aliphatic hydroxyl groups excluding tert-OH is 1. The van der Waals surface area contributed by atoms with Crippen molar-refractivity contribution in [1.82, 2.24) is 20.4 Å². The molecular weight excluding hydrogens is 779 g/mol. The van der Waals surface area contributed by atoms with Crippen LogP contribution in [0.1, 0.15) is 31.9 Å². The van der Waals surface area contributed by atoms with Gasteiger partial charge >= 0.3 is 18.3 Å². The van der Waals surface area contributed by atoms with Crippen molar-refractivity contribution in [2.24, 2.45) is 5.11 Å². The molecule has 0 aliphatic carbocycles. The Hall–Kier alpha value is -3.20. The Balaban J connectivity index is 0.000000758. The SMILES string of the molecule is CO[C@H]1CNC[C@@H]1NC(=O)OC(C)(C)C.O=C(OCc1ccccc1)N1CC2OC2C1.S.S.S.S.[N-]=[N+]=N[C@H]1CN(C(=O)OCc2ccccc2)C[C@@H]1O. The van der Waals surface area contributed by atoms with Crippen molar-refractivity contribution in [3.8, 4) is 0 Å². The number of nitrogens with one attached hydrogen (secondary N) is 2. The van der Waals surface area contributed by atoms with Gasteiger partial charge in [0.25, 0.3) is 0 Å². The Morgan fingerprint density at radius 2 is 1.37 bits per heavy atom. The zero-order valence-electron chi connectivity index (χ0n) is 30.8. The first kappa shape index (κ1) is 50.8. The fourth-order valence-corrected chi connectivity index (χ4v) is 5.38. The van der Waals surface area contributed by atoms with Gasteiger partial charge in [-0.05, 0) is 37.4 Å². The number of ether oxygens (including phenoxy) is 5. The van der Waals surface area contributed by atoms with Crippen LogP contribution >= 0.6 is 54.0 Å². The number of benzene rings is 2. The Kier molecular flexibility index (Phi) is 23.6. The van der Waals surface area contributed by atoms with Gasteiger partial charge in [0.1, 0.15) is 31.0 Å². The van der Waals surface area contributed by atoms with Gasteiger partial charge in [0.2, 0.25) is 0 Å². The van der Waals surface area contributed by atoms with E-state index in [4.69, 9.17) is 29.2 Å². The normalized spacial score (nSPS) is 22.8. The largest absolute Gasteiger partial charge is 0.445 e. The lowest BCUT2D eigenvalue weighted by molar-refractivity contribution is 0.0417. The number of epoxide rings is 1. The minimum Gasteiger partial charge on any atom is -0.445 e. The van der Waals surface area contributed by atoms with E-state index in [9.17, 15) is 19.5 Å². The standard InChI is InChI=1S/C12H14N4O3.C12H13NO3.C10H20N2O3.4H2S/c13-15-14-10-6-16(7-11(10)17)12(18)19-8-9-4-2-1-3-5-9;14-12(13-6-10-11(7-13)16-10)15-8-9-4-2-1-3-5-9;1-10(2,3)15-9(13)12-7-5-11-6-8(7)14-4;;;;/h1-5,10-11,17H,6-8H2;1-5,10-11H,6-8H2;7-8,11H,5-6H2,1-4H3,(H,12,13);4*1H2/t10-,11-;;7-,8-;;;;/m0.0..../s1. The third-order valence-electron chi connectivity index (χ3n) is 8.04. The van der Waals surface area contributed by atoms with Crippen LogP contribution in [0.25, 0.3) is 10.4 Å². The van der Waals surface area contributed by atoms with Crippen LogP contribution < -0.4 is 10.6 Å². The third-order valence-corrected chi connectivity index (χ3v) is 8.04. The van der Waals surface area contributed by atoms with E-state index in [0.717, 1.165) is 24.2 Å². The van der Waals surface area contributed by atoms with Crippen LogP contribution in [-0.4, -0.2) is 122 Å². The van der Waals surface area contributed by atoms with E-state index in [2.05, 4.69) is 20.7 Å². The number of hydrogen-bond donors (Lipinski definition) is 3. The van der Waals surface area contributed by atoms with Crippen LogP contribution in [0.2, 0.25) is 0 Å². The topological polar surface area (TPSA) is 200 Å². The highest BCUT2D eigenvalue weighted by atomic mass is 32.1. The number of carbonyl (C=O) groups excluding carboxylic acids is 3. The van der Waals surface area contributed by atoms with Gasteiger partial charge in [0, 0.05) is 31.7 Å².